The van der Waals surface area contributed by atoms with Crippen LogP contribution in [0.5, 0.6) is 0 Å². The van der Waals surface area contributed by atoms with Crippen LogP contribution in [-0.4, -0.2) is 33.5 Å². The maximum atomic E-state index is 13.9. The predicted molar refractivity (Wildman–Crippen MR) is 116 cm³/mol. The van der Waals surface area contributed by atoms with Gasteiger partial charge in [-0.05, 0) is 35.7 Å². The predicted octanol–water partition coefficient (Wildman–Crippen LogP) is 4.00. The van der Waals surface area contributed by atoms with Crippen LogP contribution in [0.15, 0.2) is 54.9 Å². The number of carbonyl (C=O) groups is 2. The van der Waals surface area contributed by atoms with Gasteiger partial charge in [-0.3, -0.25) is 14.7 Å². The van der Waals surface area contributed by atoms with Crippen molar-refractivity contribution in [1.82, 2.24) is 15.1 Å². The second-order valence-electron chi connectivity index (χ2n) is 8.22. The molecule has 1 aliphatic heterocycles. The van der Waals surface area contributed by atoms with E-state index in [0.717, 1.165) is 12.1 Å². The van der Waals surface area contributed by atoms with E-state index in [9.17, 15) is 14.0 Å². The second-order valence-corrected chi connectivity index (χ2v) is 8.22. The molecule has 0 aliphatic carbocycles. The van der Waals surface area contributed by atoms with Gasteiger partial charge < -0.3 is 10.2 Å². The fourth-order valence-electron chi connectivity index (χ4n) is 4.21. The monoisotopic (exact) mass is 431 g/mol. The molecule has 0 saturated carbocycles. The first-order chi connectivity index (χ1) is 15.4. The lowest BCUT2D eigenvalue weighted by atomic mass is 9.79. The Morgan fingerprint density at radius 1 is 1.31 bits per heavy atom. The van der Waals surface area contributed by atoms with Crippen molar-refractivity contribution in [2.24, 2.45) is 5.92 Å². The maximum Gasteiger partial charge on any atom is 0.254 e. The number of halogens is 1. The lowest BCUT2D eigenvalue weighted by Crippen LogP contribution is -2.47. The third-order valence-electron chi connectivity index (χ3n) is 5.44. The fourth-order valence-corrected chi connectivity index (χ4v) is 4.21. The minimum Gasteiger partial charge on any atom is -0.330 e. The van der Waals surface area contributed by atoms with Gasteiger partial charge in [-0.1, -0.05) is 32.0 Å². The molecule has 3 aromatic rings. The van der Waals surface area contributed by atoms with Crippen LogP contribution >= 0.6 is 0 Å². The van der Waals surface area contributed by atoms with Gasteiger partial charge in [0.1, 0.15) is 5.82 Å². The van der Waals surface area contributed by atoms with E-state index in [0.29, 0.717) is 23.2 Å². The smallest absolute Gasteiger partial charge is 0.254 e. The van der Waals surface area contributed by atoms with E-state index in [-0.39, 0.29) is 23.1 Å². The Labute approximate surface area is 184 Å². The number of aromatic nitrogens is 2. The van der Waals surface area contributed by atoms with Crippen LogP contribution in [0.3, 0.4) is 0 Å². The Morgan fingerprint density at radius 2 is 2.09 bits per heavy atom. The fraction of sp³-hybridized carbons (Fsp3) is 0.250. The van der Waals surface area contributed by atoms with Gasteiger partial charge in [0, 0.05) is 29.6 Å². The number of nitrogens with one attached hydrogen (secondary N) is 2. The van der Waals surface area contributed by atoms with Crippen molar-refractivity contribution in [1.29, 1.82) is 5.26 Å². The number of amides is 2. The maximum absolute atomic E-state index is 13.9. The van der Waals surface area contributed by atoms with Gasteiger partial charge in [0.25, 0.3) is 5.91 Å². The number of aromatic amines is 1. The summed E-state index contributed by atoms with van der Waals surface area (Å²) < 4.78 is 13.9. The summed E-state index contributed by atoms with van der Waals surface area (Å²) in [5.41, 5.74) is 2.04. The van der Waals surface area contributed by atoms with Crippen molar-refractivity contribution in [3.8, 4) is 6.07 Å². The molecule has 8 heteroatoms. The molecule has 1 aromatic heterocycles. The van der Waals surface area contributed by atoms with Crippen molar-refractivity contribution in [3.63, 3.8) is 0 Å². The number of nitrogens with zero attached hydrogens (tertiary/aromatic N) is 3. The standard InChI is InChI=1S/C24H22FN5O2/c1-14(2)13-30-22(16-11-27-28-12-16)21(19-5-3-4-6-20(19)24(30)32)23(31)29-18-8-15(10-26)7-17(25)9-18/h3-9,11-12,14,21-22H,13H2,1-2H3,(H,27,28)(H,29,31)/t21-,22+/m1/s1. The summed E-state index contributed by atoms with van der Waals surface area (Å²) in [7, 11) is 0. The van der Waals surface area contributed by atoms with Crippen LogP contribution in [0.1, 0.15) is 52.9 Å². The molecule has 4 rings (SSSR count). The Balaban J connectivity index is 1.82. The highest BCUT2D eigenvalue weighted by Crippen LogP contribution is 2.43. The van der Waals surface area contributed by atoms with Crippen LogP contribution in [0.4, 0.5) is 10.1 Å². The number of nitriles is 1. The molecule has 2 N–H and O–H groups in total. The highest BCUT2D eigenvalue weighted by Gasteiger charge is 2.44. The molecule has 162 valence electrons. The van der Waals surface area contributed by atoms with E-state index in [1.54, 1.807) is 41.6 Å². The number of carbonyl (C=O) groups excluding carboxylic acids is 2. The number of fused-ring (bicyclic) bond motifs is 1. The normalized spacial score (nSPS) is 17.7. The zero-order valence-electron chi connectivity index (χ0n) is 17.7. The van der Waals surface area contributed by atoms with Crippen LogP contribution in [0.2, 0.25) is 0 Å². The summed E-state index contributed by atoms with van der Waals surface area (Å²) >= 11 is 0. The van der Waals surface area contributed by atoms with Crippen LogP contribution < -0.4 is 5.32 Å². The lowest BCUT2D eigenvalue weighted by molar-refractivity contribution is -0.119. The van der Waals surface area contributed by atoms with Gasteiger partial charge in [0.2, 0.25) is 5.91 Å². The van der Waals surface area contributed by atoms with E-state index in [1.807, 2.05) is 19.9 Å². The minimum atomic E-state index is -0.756. The van der Waals surface area contributed by atoms with E-state index in [2.05, 4.69) is 15.5 Å². The molecule has 32 heavy (non-hydrogen) atoms. The molecule has 0 radical (unpaired) electrons. The number of hydrogen-bond donors (Lipinski definition) is 2. The number of anilines is 1. The van der Waals surface area contributed by atoms with Crippen molar-refractivity contribution in [2.45, 2.75) is 25.8 Å². The highest BCUT2D eigenvalue weighted by atomic mass is 19.1. The van der Waals surface area contributed by atoms with Gasteiger partial charge >= 0.3 is 0 Å². The van der Waals surface area contributed by atoms with Gasteiger partial charge in [-0.15, -0.1) is 0 Å². The first-order valence-corrected chi connectivity index (χ1v) is 10.3. The van der Waals surface area contributed by atoms with E-state index < -0.39 is 23.7 Å². The lowest BCUT2D eigenvalue weighted by Gasteiger charge is -2.42. The van der Waals surface area contributed by atoms with Crippen molar-refractivity contribution < 1.29 is 14.0 Å². The topological polar surface area (TPSA) is 102 Å². The van der Waals surface area contributed by atoms with E-state index in [1.165, 1.54) is 6.07 Å². The van der Waals surface area contributed by atoms with Crippen molar-refractivity contribution in [2.75, 3.05) is 11.9 Å². The van der Waals surface area contributed by atoms with Crippen LogP contribution in [0.25, 0.3) is 0 Å². The summed E-state index contributed by atoms with van der Waals surface area (Å²) in [6.45, 7) is 4.46. The molecule has 1 aliphatic rings. The molecule has 2 atom stereocenters. The summed E-state index contributed by atoms with van der Waals surface area (Å²) in [4.78, 5) is 28.7. The largest absolute Gasteiger partial charge is 0.330 e. The molecule has 0 bridgehead atoms. The third-order valence-corrected chi connectivity index (χ3v) is 5.44. The number of rotatable bonds is 5. The molecule has 0 spiro atoms. The molecule has 0 unspecified atom stereocenters. The molecule has 0 fully saturated rings. The second kappa shape index (κ2) is 8.63. The molecule has 2 amide bonds. The molecule has 7 nitrogen and oxygen atoms in total. The quantitative estimate of drug-likeness (QED) is 0.638. The Kier molecular flexibility index (Phi) is 5.73. The number of hydrogen-bond acceptors (Lipinski definition) is 4. The molecule has 2 heterocycles. The molecule has 0 saturated heterocycles. The molecular weight excluding hydrogens is 409 g/mol. The average molecular weight is 431 g/mol. The first kappa shape index (κ1) is 21.2. The summed E-state index contributed by atoms with van der Waals surface area (Å²) in [6.07, 6.45) is 3.28. The van der Waals surface area contributed by atoms with Crippen molar-refractivity contribution >= 4 is 17.5 Å². The zero-order valence-corrected chi connectivity index (χ0v) is 17.7. The van der Waals surface area contributed by atoms with E-state index >= 15 is 0 Å². The highest BCUT2D eigenvalue weighted by molar-refractivity contribution is 6.04. The average Bonchev–Trinajstić information content (AvgIpc) is 3.29. The Bertz CT molecular complexity index is 1200. The number of H-pyrrole nitrogens is 1. The third kappa shape index (κ3) is 3.97. The van der Waals surface area contributed by atoms with Gasteiger partial charge in [0.05, 0.1) is 29.8 Å². The van der Waals surface area contributed by atoms with E-state index in [4.69, 9.17) is 5.26 Å². The Morgan fingerprint density at radius 3 is 2.78 bits per heavy atom. The summed E-state index contributed by atoms with van der Waals surface area (Å²) in [5.74, 6) is -1.76. The first-order valence-electron chi connectivity index (χ1n) is 10.3. The Hall–Kier alpha value is -3.99. The SMILES string of the molecule is CC(C)CN1C(=O)c2ccccc2[C@@H](C(=O)Nc2cc(F)cc(C#N)c2)[C@@H]1c1cn[nH]c1. The molecular formula is C24H22FN5O2. The van der Waals surface area contributed by atoms with Crippen molar-refractivity contribution in [3.05, 3.63) is 82.9 Å². The zero-order chi connectivity index (χ0) is 22.8. The van der Waals surface area contributed by atoms with Crippen LogP contribution in [0, 0.1) is 23.1 Å². The summed E-state index contributed by atoms with van der Waals surface area (Å²) in [5, 5.41) is 18.7. The van der Waals surface area contributed by atoms with Gasteiger partial charge in [-0.2, -0.15) is 10.4 Å². The summed E-state index contributed by atoms with van der Waals surface area (Å²) in [6, 6.07) is 12.0. The van der Waals surface area contributed by atoms with Gasteiger partial charge in [0.15, 0.2) is 0 Å². The number of benzene rings is 2. The van der Waals surface area contributed by atoms with Crippen LogP contribution in [-0.2, 0) is 4.79 Å². The van der Waals surface area contributed by atoms with Gasteiger partial charge in [-0.25, -0.2) is 4.39 Å². The minimum absolute atomic E-state index is 0.104. The molecule has 2 aromatic carbocycles.